The third-order valence-corrected chi connectivity index (χ3v) is 2.12. The van der Waals surface area contributed by atoms with E-state index in [1.807, 2.05) is 0 Å². The van der Waals surface area contributed by atoms with E-state index in [9.17, 15) is 25.0 Å². The molecule has 0 bridgehead atoms. The zero-order valence-electron chi connectivity index (χ0n) is 10.7. The first-order valence-corrected chi connectivity index (χ1v) is 5.37. The molecule has 0 radical (unpaired) electrons. The maximum atomic E-state index is 11.9. The third-order valence-electron chi connectivity index (χ3n) is 2.12. The molecule has 1 amide bonds. The fraction of sp³-hybridized carbons (Fsp3) is 0.364. The molecule has 19 heavy (non-hydrogen) atoms. The maximum absolute atomic E-state index is 11.9. The summed E-state index contributed by atoms with van der Waals surface area (Å²) in [5, 5.41) is 24.0. The summed E-state index contributed by atoms with van der Waals surface area (Å²) in [5.74, 6) is -0.720. The molecular weight excluding hydrogens is 254 g/mol. The second-order valence-corrected chi connectivity index (χ2v) is 4.92. The Labute approximate surface area is 108 Å². The van der Waals surface area contributed by atoms with Gasteiger partial charge in [-0.1, -0.05) is 0 Å². The molecule has 0 aromatic heterocycles. The van der Waals surface area contributed by atoms with Crippen LogP contribution in [-0.4, -0.2) is 21.3 Å². The van der Waals surface area contributed by atoms with Crippen LogP contribution in [0.5, 0.6) is 0 Å². The lowest BCUT2D eigenvalue weighted by Crippen LogP contribution is -2.40. The highest BCUT2D eigenvalue weighted by Gasteiger charge is 2.26. The van der Waals surface area contributed by atoms with Gasteiger partial charge in [-0.25, -0.2) is 0 Å². The van der Waals surface area contributed by atoms with Gasteiger partial charge in [-0.05, 0) is 20.8 Å². The van der Waals surface area contributed by atoms with Crippen molar-refractivity contribution < 1.29 is 14.6 Å². The van der Waals surface area contributed by atoms with Crippen LogP contribution in [0.25, 0.3) is 0 Å². The molecule has 0 heterocycles. The lowest BCUT2D eigenvalue weighted by atomic mass is 10.1. The van der Waals surface area contributed by atoms with Crippen LogP contribution in [0, 0.1) is 20.2 Å². The van der Waals surface area contributed by atoms with E-state index in [1.54, 1.807) is 20.8 Å². The molecule has 0 spiro atoms. The number of nitrogens with one attached hydrogen (secondary N) is 1. The second-order valence-electron chi connectivity index (χ2n) is 4.92. The molecule has 1 aromatic carbocycles. The van der Waals surface area contributed by atoms with Gasteiger partial charge in [0, 0.05) is 23.7 Å². The Morgan fingerprint density at radius 3 is 2.16 bits per heavy atom. The molecule has 0 unspecified atom stereocenters. The highest BCUT2D eigenvalue weighted by Crippen LogP contribution is 2.24. The fourth-order valence-corrected chi connectivity index (χ4v) is 1.39. The Hall–Kier alpha value is -2.51. The van der Waals surface area contributed by atoms with E-state index in [-0.39, 0.29) is 11.3 Å². The SMILES string of the molecule is CC(C)(C)NC(=O)c1cc([N+](=O)[O-])ccc1[N+](=O)[O-]. The Morgan fingerprint density at radius 1 is 1.16 bits per heavy atom. The predicted octanol–water partition coefficient (Wildman–Crippen LogP) is 2.03. The number of amides is 1. The van der Waals surface area contributed by atoms with Crippen LogP contribution in [0.2, 0.25) is 0 Å². The van der Waals surface area contributed by atoms with Gasteiger partial charge in [0.2, 0.25) is 0 Å². The van der Waals surface area contributed by atoms with E-state index in [0.29, 0.717) is 0 Å². The van der Waals surface area contributed by atoms with E-state index in [0.717, 1.165) is 18.2 Å². The number of carbonyl (C=O) groups excluding carboxylic acids is 1. The molecule has 0 fully saturated rings. The number of carbonyl (C=O) groups is 1. The molecule has 1 aromatic rings. The summed E-state index contributed by atoms with van der Waals surface area (Å²) in [6.07, 6.45) is 0. The normalized spacial score (nSPS) is 10.9. The van der Waals surface area contributed by atoms with Gasteiger partial charge < -0.3 is 5.32 Å². The Morgan fingerprint density at radius 2 is 1.74 bits per heavy atom. The summed E-state index contributed by atoms with van der Waals surface area (Å²) in [6.45, 7) is 5.11. The summed E-state index contributed by atoms with van der Waals surface area (Å²) in [5.41, 5.74) is -1.76. The summed E-state index contributed by atoms with van der Waals surface area (Å²) in [6, 6.07) is 2.85. The van der Waals surface area contributed by atoms with E-state index < -0.39 is 27.0 Å². The van der Waals surface area contributed by atoms with Crippen molar-refractivity contribution in [3.05, 3.63) is 44.0 Å². The van der Waals surface area contributed by atoms with Gasteiger partial charge in [0.05, 0.1) is 9.85 Å². The van der Waals surface area contributed by atoms with Crippen molar-refractivity contribution in [3.63, 3.8) is 0 Å². The van der Waals surface area contributed by atoms with E-state index >= 15 is 0 Å². The molecule has 0 aliphatic heterocycles. The molecule has 8 heteroatoms. The molecule has 0 aliphatic carbocycles. The third kappa shape index (κ3) is 3.73. The minimum atomic E-state index is -0.749. The number of hydrogen-bond acceptors (Lipinski definition) is 5. The lowest BCUT2D eigenvalue weighted by Gasteiger charge is -2.20. The first kappa shape index (κ1) is 14.6. The van der Waals surface area contributed by atoms with Crippen LogP contribution in [0.15, 0.2) is 18.2 Å². The van der Waals surface area contributed by atoms with Gasteiger partial charge in [-0.15, -0.1) is 0 Å². The molecule has 0 atom stereocenters. The molecule has 0 aliphatic rings. The molecule has 1 N–H and O–H groups in total. The lowest BCUT2D eigenvalue weighted by molar-refractivity contribution is -0.389. The summed E-state index contributed by atoms with van der Waals surface area (Å²) in [7, 11) is 0. The van der Waals surface area contributed by atoms with Crippen molar-refractivity contribution in [3.8, 4) is 0 Å². The molecule has 1 rings (SSSR count). The summed E-state index contributed by atoms with van der Waals surface area (Å²) >= 11 is 0. The summed E-state index contributed by atoms with van der Waals surface area (Å²) < 4.78 is 0. The minimum Gasteiger partial charge on any atom is -0.347 e. The number of hydrogen-bond donors (Lipinski definition) is 1. The largest absolute Gasteiger partial charge is 0.347 e. The Bertz CT molecular complexity index is 548. The van der Waals surface area contributed by atoms with Crippen LogP contribution in [0.4, 0.5) is 11.4 Å². The highest BCUT2D eigenvalue weighted by molar-refractivity contribution is 5.99. The smallest absolute Gasteiger partial charge is 0.282 e. The van der Waals surface area contributed by atoms with E-state index in [2.05, 4.69) is 5.32 Å². The Balaban J connectivity index is 3.29. The number of benzene rings is 1. The molecular formula is C11H13N3O5. The van der Waals surface area contributed by atoms with Crippen LogP contribution in [0.3, 0.4) is 0 Å². The van der Waals surface area contributed by atoms with Crippen molar-refractivity contribution in [2.45, 2.75) is 26.3 Å². The standard InChI is InChI=1S/C11H13N3O5/c1-11(2,3)12-10(15)8-6-7(13(16)17)4-5-9(8)14(18)19/h4-6H,1-3H3,(H,12,15). The number of nitro benzene ring substituents is 2. The van der Waals surface area contributed by atoms with Gasteiger partial charge in [0.1, 0.15) is 5.56 Å². The number of nitro groups is 2. The average Bonchev–Trinajstić information content (AvgIpc) is 2.25. The van der Waals surface area contributed by atoms with Crippen LogP contribution in [0.1, 0.15) is 31.1 Å². The molecule has 8 nitrogen and oxygen atoms in total. The maximum Gasteiger partial charge on any atom is 0.282 e. The zero-order chi connectivity index (χ0) is 14.8. The first-order valence-electron chi connectivity index (χ1n) is 5.37. The molecule has 102 valence electrons. The van der Waals surface area contributed by atoms with Gasteiger partial charge in [-0.2, -0.15) is 0 Å². The second kappa shape index (κ2) is 5.01. The van der Waals surface area contributed by atoms with Crippen molar-refractivity contribution in [1.29, 1.82) is 0 Å². The fourth-order valence-electron chi connectivity index (χ4n) is 1.39. The van der Waals surface area contributed by atoms with Crippen LogP contribution in [-0.2, 0) is 0 Å². The first-order chi connectivity index (χ1) is 8.61. The van der Waals surface area contributed by atoms with Crippen LogP contribution < -0.4 is 5.32 Å². The summed E-state index contributed by atoms with van der Waals surface area (Å²) in [4.78, 5) is 31.9. The van der Waals surface area contributed by atoms with Crippen LogP contribution >= 0.6 is 0 Å². The minimum absolute atomic E-state index is 0.325. The molecule has 0 saturated carbocycles. The van der Waals surface area contributed by atoms with Crippen molar-refractivity contribution >= 4 is 17.3 Å². The highest BCUT2D eigenvalue weighted by atomic mass is 16.6. The molecule has 0 saturated heterocycles. The quantitative estimate of drug-likeness (QED) is 0.664. The topological polar surface area (TPSA) is 115 Å². The number of non-ortho nitro benzene ring substituents is 1. The van der Waals surface area contributed by atoms with E-state index in [4.69, 9.17) is 0 Å². The van der Waals surface area contributed by atoms with Gasteiger partial charge >= 0.3 is 0 Å². The number of nitrogens with zero attached hydrogens (tertiary/aromatic N) is 2. The van der Waals surface area contributed by atoms with Gasteiger partial charge in [-0.3, -0.25) is 25.0 Å². The zero-order valence-corrected chi connectivity index (χ0v) is 10.7. The van der Waals surface area contributed by atoms with E-state index in [1.165, 1.54) is 0 Å². The van der Waals surface area contributed by atoms with Crippen molar-refractivity contribution in [1.82, 2.24) is 5.32 Å². The van der Waals surface area contributed by atoms with Crippen molar-refractivity contribution in [2.24, 2.45) is 0 Å². The van der Waals surface area contributed by atoms with Crippen molar-refractivity contribution in [2.75, 3.05) is 0 Å². The van der Waals surface area contributed by atoms with Gasteiger partial charge in [0.15, 0.2) is 0 Å². The average molecular weight is 267 g/mol. The van der Waals surface area contributed by atoms with Gasteiger partial charge in [0.25, 0.3) is 17.3 Å². The predicted molar refractivity (Wildman–Crippen MR) is 67.0 cm³/mol. The number of rotatable bonds is 3. The monoisotopic (exact) mass is 267 g/mol. The Kier molecular flexibility index (Phi) is 3.83.